The molecule has 0 atom stereocenters. The zero-order valence-electron chi connectivity index (χ0n) is 12.6. The highest BCUT2D eigenvalue weighted by atomic mass is 35.5. The number of thiophene rings is 1. The van der Waals surface area contributed by atoms with Crippen LogP contribution in [0.1, 0.15) is 10.4 Å². The zero-order chi connectivity index (χ0) is 15.7. The lowest BCUT2D eigenvalue weighted by molar-refractivity contribution is 0.207. The third kappa shape index (κ3) is 3.05. The molecule has 116 valence electrons. The number of nitrogens with zero attached hydrogens (tertiary/aromatic N) is 2. The van der Waals surface area contributed by atoms with Crippen LogP contribution in [0.2, 0.25) is 5.02 Å². The van der Waals surface area contributed by atoms with E-state index in [1.807, 2.05) is 36.0 Å². The van der Waals surface area contributed by atoms with Crippen LogP contribution < -0.4 is 10.2 Å². The first-order valence-electron chi connectivity index (χ1n) is 7.12. The molecule has 0 saturated carbocycles. The normalized spacial score (nSPS) is 13.7. The molecule has 4 nitrogen and oxygen atoms in total. The van der Waals surface area contributed by atoms with Gasteiger partial charge in [0.05, 0.1) is 11.4 Å². The molecule has 2 heterocycles. The van der Waals surface area contributed by atoms with Crippen molar-refractivity contribution in [3.63, 3.8) is 0 Å². The fraction of sp³-hybridized carbons (Fsp3) is 0.312. The van der Waals surface area contributed by atoms with Crippen molar-refractivity contribution in [2.24, 2.45) is 0 Å². The summed E-state index contributed by atoms with van der Waals surface area (Å²) in [6, 6.07) is 7.54. The molecule has 0 radical (unpaired) electrons. The highest BCUT2D eigenvalue weighted by Gasteiger charge is 2.22. The first kappa shape index (κ1) is 15.2. The van der Waals surface area contributed by atoms with Crippen molar-refractivity contribution in [2.75, 3.05) is 30.9 Å². The number of rotatable bonds is 2. The summed E-state index contributed by atoms with van der Waals surface area (Å²) in [6.07, 6.45) is 0.927. The molecule has 0 fully saturated rings. The Bertz CT molecular complexity index is 698. The van der Waals surface area contributed by atoms with Gasteiger partial charge in [-0.3, -0.25) is 0 Å². The minimum Gasteiger partial charge on any atom is -0.376 e. The number of urea groups is 1. The van der Waals surface area contributed by atoms with E-state index in [1.54, 1.807) is 17.4 Å². The summed E-state index contributed by atoms with van der Waals surface area (Å²) in [5.41, 5.74) is 2.93. The molecule has 22 heavy (non-hydrogen) atoms. The number of fused-ring (bicyclic) bond motifs is 1. The van der Waals surface area contributed by atoms with E-state index in [1.165, 1.54) is 10.4 Å². The molecule has 0 bridgehead atoms. The van der Waals surface area contributed by atoms with E-state index in [9.17, 15) is 4.79 Å². The first-order chi connectivity index (χ1) is 10.5. The number of carbonyl (C=O) groups is 1. The molecule has 6 heteroatoms. The van der Waals surface area contributed by atoms with Gasteiger partial charge in [-0.2, -0.15) is 0 Å². The predicted molar refractivity (Wildman–Crippen MR) is 93.2 cm³/mol. The zero-order valence-corrected chi connectivity index (χ0v) is 14.2. The monoisotopic (exact) mass is 335 g/mol. The Kier molecular flexibility index (Phi) is 4.27. The second-order valence-electron chi connectivity index (χ2n) is 5.53. The van der Waals surface area contributed by atoms with Crippen molar-refractivity contribution >= 4 is 40.3 Å². The number of hydrogen-bond acceptors (Lipinski definition) is 3. The number of benzene rings is 1. The molecule has 2 amide bonds. The number of halogens is 1. The van der Waals surface area contributed by atoms with Gasteiger partial charge in [0.15, 0.2) is 0 Å². The largest absolute Gasteiger partial charge is 0.376 e. The summed E-state index contributed by atoms with van der Waals surface area (Å²) >= 11 is 7.83. The predicted octanol–water partition coefficient (Wildman–Crippen LogP) is 4.06. The number of hydrogen-bond donors (Lipinski definition) is 1. The summed E-state index contributed by atoms with van der Waals surface area (Å²) in [4.78, 5) is 17.7. The van der Waals surface area contributed by atoms with Crippen LogP contribution in [0.3, 0.4) is 0 Å². The van der Waals surface area contributed by atoms with Gasteiger partial charge in [-0.15, -0.1) is 11.3 Å². The molecular weight excluding hydrogens is 318 g/mol. The van der Waals surface area contributed by atoms with E-state index in [4.69, 9.17) is 11.6 Å². The van der Waals surface area contributed by atoms with Gasteiger partial charge in [0.1, 0.15) is 0 Å². The molecule has 1 aliphatic rings. The van der Waals surface area contributed by atoms with Gasteiger partial charge in [-0.1, -0.05) is 11.6 Å². The lowest BCUT2D eigenvalue weighted by atomic mass is 10.1. The molecule has 0 spiro atoms. The van der Waals surface area contributed by atoms with Gasteiger partial charge in [0, 0.05) is 37.1 Å². The van der Waals surface area contributed by atoms with Crippen molar-refractivity contribution < 1.29 is 4.79 Å². The lowest BCUT2D eigenvalue weighted by Crippen LogP contribution is -2.38. The highest BCUT2D eigenvalue weighted by molar-refractivity contribution is 7.10. The van der Waals surface area contributed by atoms with Crippen LogP contribution in [0.5, 0.6) is 0 Å². The van der Waals surface area contributed by atoms with E-state index in [2.05, 4.69) is 16.8 Å². The average molecular weight is 336 g/mol. The van der Waals surface area contributed by atoms with Gasteiger partial charge in [0.25, 0.3) is 0 Å². The number of amides is 2. The topological polar surface area (TPSA) is 35.6 Å². The van der Waals surface area contributed by atoms with Crippen LogP contribution >= 0.6 is 22.9 Å². The Balaban J connectivity index is 1.76. The molecule has 1 N–H and O–H groups in total. The molecule has 0 unspecified atom stereocenters. The molecule has 0 aliphatic carbocycles. The second-order valence-corrected chi connectivity index (χ2v) is 6.96. The Morgan fingerprint density at radius 1 is 1.36 bits per heavy atom. The fourth-order valence-electron chi connectivity index (χ4n) is 2.61. The SMILES string of the molecule is CN(C)c1ccc(Cl)cc1NC(=O)N1CCc2sccc2C1. The molecule has 1 aromatic heterocycles. The second kappa shape index (κ2) is 6.18. The van der Waals surface area contributed by atoms with Gasteiger partial charge in [0.2, 0.25) is 0 Å². The maximum Gasteiger partial charge on any atom is 0.322 e. The van der Waals surface area contributed by atoms with E-state index in [-0.39, 0.29) is 6.03 Å². The van der Waals surface area contributed by atoms with Gasteiger partial charge in [-0.05, 0) is 41.6 Å². The fourth-order valence-corrected chi connectivity index (χ4v) is 3.68. The molecule has 3 rings (SSSR count). The minimum absolute atomic E-state index is 0.0813. The lowest BCUT2D eigenvalue weighted by Gasteiger charge is -2.28. The molecule has 1 aliphatic heterocycles. The summed E-state index contributed by atoms with van der Waals surface area (Å²) in [7, 11) is 3.88. The van der Waals surface area contributed by atoms with Crippen LogP contribution in [-0.2, 0) is 13.0 Å². The quantitative estimate of drug-likeness (QED) is 0.898. The van der Waals surface area contributed by atoms with E-state index >= 15 is 0 Å². The van der Waals surface area contributed by atoms with Crippen molar-refractivity contribution in [1.82, 2.24) is 4.90 Å². The number of carbonyl (C=O) groups excluding carboxylic acids is 1. The number of nitrogens with one attached hydrogen (secondary N) is 1. The van der Waals surface area contributed by atoms with Crippen molar-refractivity contribution in [2.45, 2.75) is 13.0 Å². The van der Waals surface area contributed by atoms with Crippen LogP contribution in [0.15, 0.2) is 29.6 Å². The van der Waals surface area contributed by atoms with Crippen molar-refractivity contribution in [3.05, 3.63) is 45.1 Å². The van der Waals surface area contributed by atoms with Gasteiger partial charge >= 0.3 is 6.03 Å². The molecular formula is C16H18ClN3OS. The summed E-state index contributed by atoms with van der Waals surface area (Å²) in [5, 5.41) is 5.69. The molecule has 0 saturated heterocycles. The van der Waals surface area contributed by atoms with Gasteiger partial charge < -0.3 is 15.1 Å². The Morgan fingerprint density at radius 3 is 2.95 bits per heavy atom. The maximum atomic E-state index is 12.5. The van der Waals surface area contributed by atoms with E-state index in [0.717, 1.165) is 24.3 Å². The Labute approximate surface area is 139 Å². The highest BCUT2D eigenvalue weighted by Crippen LogP contribution is 2.29. The van der Waals surface area contributed by atoms with Crippen LogP contribution in [0.4, 0.5) is 16.2 Å². The van der Waals surface area contributed by atoms with Crippen molar-refractivity contribution in [1.29, 1.82) is 0 Å². The third-order valence-corrected chi connectivity index (χ3v) is 5.03. The van der Waals surface area contributed by atoms with E-state index < -0.39 is 0 Å². The molecule has 2 aromatic rings. The van der Waals surface area contributed by atoms with Crippen LogP contribution in [0.25, 0.3) is 0 Å². The first-order valence-corrected chi connectivity index (χ1v) is 8.38. The maximum absolute atomic E-state index is 12.5. The Hall–Kier alpha value is -1.72. The number of anilines is 2. The van der Waals surface area contributed by atoms with Crippen molar-refractivity contribution in [3.8, 4) is 0 Å². The summed E-state index contributed by atoms with van der Waals surface area (Å²) in [5.74, 6) is 0. The van der Waals surface area contributed by atoms with Crippen LogP contribution in [-0.4, -0.2) is 31.6 Å². The van der Waals surface area contributed by atoms with Crippen LogP contribution in [0, 0.1) is 0 Å². The molecule has 1 aromatic carbocycles. The summed E-state index contributed by atoms with van der Waals surface area (Å²) in [6.45, 7) is 1.42. The third-order valence-electron chi connectivity index (χ3n) is 3.78. The average Bonchev–Trinajstić information content (AvgIpc) is 2.94. The minimum atomic E-state index is -0.0813. The Morgan fingerprint density at radius 2 is 2.18 bits per heavy atom. The standard InChI is InChI=1S/C16H18ClN3OS/c1-19(2)14-4-3-12(17)9-13(14)18-16(21)20-7-5-15-11(10-20)6-8-22-15/h3-4,6,8-9H,5,7,10H2,1-2H3,(H,18,21). The smallest absolute Gasteiger partial charge is 0.322 e. The van der Waals surface area contributed by atoms with E-state index in [0.29, 0.717) is 11.6 Å². The summed E-state index contributed by atoms with van der Waals surface area (Å²) < 4.78 is 0. The van der Waals surface area contributed by atoms with Gasteiger partial charge in [-0.25, -0.2) is 4.79 Å².